The number of rotatable bonds is 1. The fourth-order valence-electron chi connectivity index (χ4n) is 3.69. The lowest BCUT2D eigenvalue weighted by Gasteiger charge is -2.42. The van der Waals surface area contributed by atoms with Crippen LogP contribution in [0.5, 0.6) is 0 Å². The molecule has 0 aromatic rings. The number of fused-ring (bicyclic) bond motifs is 1. The average molecular weight is 207 g/mol. The van der Waals surface area contributed by atoms with Crippen molar-refractivity contribution in [1.29, 1.82) is 0 Å². The first kappa shape index (κ1) is 9.40. The van der Waals surface area contributed by atoms with Gasteiger partial charge in [0.1, 0.15) is 6.04 Å². The average Bonchev–Trinajstić information content (AvgIpc) is 2.76. The zero-order chi connectivity index (χ0) is 10.4. The molecular weight excluding hydrogens is 190 g/mol. The smallest absolute Gasteiger partial charge is 0.323 e. The predicted molar refractivity (Wildman–Crippen MR) is 56.1 cm³/mol. The van der Waals surface area contributed by atoms with E-state index >= 15 is 0 Å². The lowest BCUT2D eigenvalue weighted by atomic mass is 9.62. The van der Waals surface area contributed by atoms with E-state index < -0.39 is 0 Å². The summed E-state index contributed by atoms with van der Waals surface area (Å²) in [4.78, 5) is 11.6. The van der Waals surface area contributed by atoms with Crippen molar-refractivity contribution in [2.24, 2.45) is 23.7 Å². The number of esters is 1. The maximum absolute atomic E-state index is 11.6. The molecule has 0 aromatic heterocycles. The van der Waals surface area contributed by atoms with Crippen LogP contribution in [-0.4, -0.2) is 25.7 Å². The quantitative estimate of drug-likeness (QED) is 0.514. The topological polar surface area (TPSA) is 38.3 Å². The van der Waals surface area contributed by atoms with Crippen LogP contribution in [0.25, 0.3) is 0 Å². The molecule has 82 valence electrons. The van der Waals surface area contributed by atoms with Gasteiger partial charge in [0.15, 0.2) is 0 Å². The van der Waals surface area contributed by atoms with Crippen LogP contribution in [0.1, 0.15) is 12.8 Å². The van der Waals surface area contributed by atoms with Gasteiger partial charge in [-0.25, -0.2) is 0 Å². The molecule has 3 nitrogen and oxygen atoms in total. The zero-order valence-electron chi connectivity index (χ0n) is 8.98. The summed E-state index contributed by atoms with van der Waals surface area (Å²) in [6, 6.07) is -0.0576. The van der Waals surface area contributed by atoms with Crippen molar-refractivity contribution < 1.29 is 9.53 Å². The molecule has 1 saturated carbocycles. The first-order valence-electron chi connectivity index (χ1n) is 5.81. The number of hydrogen-bond acceptors (Lipinski definition) is 3. The molecule has 2 fully saturated rings. The Morgan fingerprint density at radius 2 is 2.07 bits per heavy atom. The molecule has 0 spiro atoms. The summed E-state index contributed by atoms with van der Waals surface area (Å²) < 4.78 is 4.87. The second kappa shape index (κ2) is 3.34. The van der Waals surface area contributed by atoms with Crippen LogP contribution in [0.15, 0.2) is 12.2 Å². The molecule has 1 saturated heterocycles. The lowest BCUT2D eigenvalue weighted by molar-refractivity contribution is -0.144. The minimum absolute atomic E-state index is 0.0576. The molecule has 0 aromatic carbocycles. The standard InChI is InChI=1S/C12H17NO2/c1-15-12(14)11-10-8-4-2-7(3-5-8)9(10)6-13-11/h2,4,7-11,13H,3,5-6H2,1H3. The predicted octanol–water partition coefficient (Wildman–Crippen LogP) is 0.960. The molecule has 4 aliphatic rings. The molecule has 1 heterocycles. The third-order valence-corrected chi connectivity index (χ3v) is 4.39. The highest BCUT2D eigenvalue weighted by atomic mass is 16.5. The Morgan fingerprint density at radius 1 is 1.33 bits per heavy atom. The van der Waals surface area contributed by atoms with E-state index in [-0.39, 0.29) is 12.0 Å². The van der Waals surface area contributed by atoms with Crippen molar-refractivity contribution in [3.05, 3.63) is 12.2 Å². The van der Waals surface area contributed by atoms with Gasteiger partial charge in [0.05, 0.1) is 7.11 Å². The van der Waals surface area contributed by atoms with Gasteiger partial charge < -0.3 is 10.1 Å². The zero-order valence-corrected chi connectivity index (χ0v) is 8.98. The summed E-state index contributed by atoms with van der Waals surface area (Å²) in [6.45, 7) is 0.982. The van der Waals surface area contributed by atoms with Crippen LogP contribution in [-0.2, 0) is 9.53 Å². The second-order valence-corrected chi connectivity index (χ2v) is 4.94. The van der Waals surface area contributed by atoms with Gasteiger partial charge in [-0.05, 0) is 43.1 Å². The Labute approximate surface area is 89.9 Å². The van der Waals surface area contributed by atoms with Crippen LogP contribution in [0.2, 0.25) is 0 Å². The van der Waals surface area contributed by atoms with Crippen LogP contribution in [0, 0.1) is 23.7 Å². The monoisotopic (exact) mass is 207 g/mol. The first-order valence-corrected chi connectivity index (χ1v) is 5.81. The van der Waals surface area contributed by atoms with E-state index in [9.17, 15) is 4.79 Å². The molecule has 1 N–H and O–H groups in total. The van der Waals surface area contributed by atoms with Crippen LogP contribution < -0.4 is 5.32 Å². The molecule has 5 unspecified atom stereocenters. The number of hydrogen-bond donors (Lipinski definition) is 1. The van der Waals surface area contributed by atoms with Crippen LogP contribution in [0.4, 0.5) is 0 Å². The van der Waals surface area contributed by atoms with E-state index in [0.717, 1.165) is 6.54 Å². The number of nitrogens with one attached hydrogen (secondary N) is 1. The number of allylic oxidation sites excluding steroid dienone is 2. The fraction of sp³-hybridized carbons (Fsp3) is 0.750. The Morgan fingerprint density at radius 3 is 2.73 bits per heavy atom. The highest BCUT2D eigenvalue weighted by Gasteiger charge is 2.50. The van der Waals surface area contributed by atoms with Crippen molar-refractivity contribution in [1.82, 2.24) is 5.32 Å². The Hall–Kier alpha value is -0.830. The normalized spacial score (nSPS) is 46.6. The van der Waals surface area contributed by atoms with Gasteiger partial charge in [-0.2, -0.15) is 0 Å². The van der Waals surface area contributed by atoms with Gasteiger partial charge >= 0.3 is 5.97 Å². The largest absolute Gasteiger partial charge is 0.468 e. The van der Waals surface area contributed by atoms with E-state index in [4.69, 9.17) is 4.74 Å². The Bertz CT molecular complexity index is 313. The maximum Gasteiger partial charge on any atom is 0.323 e. The molecule has 0 amide bonds. The minimum atomic E-state index is -0.0801. The Kier molecular flexibility index (Phi) is 2.09. The summed E-state index contributed by atoms with van der Waals surface area (Å²) in [5.74, 6) is 2.36. The first-order chi connectivity index (χ1) is 7.31. The minimum Gasteiger partial charge on any atom is -0.468 e. The number of methoxy groups -OCH3 is 1. The van der Waals surface area contributed by atoms with Gasteiger partial charge in [0, 0.05) is 0 Å². The molecule has 0 radical (unpaired) electrons. The fourth-order valence-corrected chi connectivity index (χ4v) is 3.69. The third-order valence-electron chi connectivity index (χ3n) is 4.39. The van der Waals surface area contributed by atoms with Gasteiger partial charge in [-0.3, -0.25) is 4.79 Å². The molecule has 4 rings (SSSR count). The van der Waals surface area contributed by atoms with Crippen molar-refractivity contribution in [2.45, 2.75) is 18.9 Å². The van der Waals surface area contributed by atoms with Crippen LogP contribution >= 0.6 is 0 Å². The van der Waals surface area contributed by atoms with Gasteiger partial charge in [0.25, 0.3) is 0 Å². The van der Waals surface area contributed by atoms with E-state index in [0.29, 0.717) is 23.7 Å². The molecule has 1 aliphatic heterocycles. The van der Waals surface area contributed by atoms with E-state index in [1.807, 2.05) is 0 Å². The SMILES string of the molecule is COC(=O)C1NCC2C3C=CC(CC3)C12. The molecule has 2 bridgehead atoms. The van der Waals surface area contributed by atoms with Crippen molar-refractivity contribution in [2.75, 3.05) is 13.7 Å². The number of carbonyl (C=O) groups excluding carboxylic acids is 1. The molecular formula is C12H17NO2. The van der Waals surface area contributed by atoms with Crippen molar-refractivity contribution >= 4 is 5.97 Å². The van der Waals surface area contributed by atoms with Crippen LogP contribution in [0.3, 0.4) is 0 Å². The molecule has 15 heavy (non-hydrogen) atoms. The molecule has 3 heteroatoms. The van der Waals surface area contributed by atoms with Gasteiger partial charge in [-0.1, -0.05) is 12.2 Å². The summed E-state index contributed by atoms with van der Waals surface area (Å²) in [7, 11) is 1.48. The summed E-state index contributed by atoms with van der Waals surface area (Å²) in [5.41, 5.74) is 0. The van der Waals surface area contributed by atoms with Gasteiger partial charge in [0.2, 0.25) is 0 Å². The third kappa shape index (κ3) is 1.26. The van der Waals surface area contributed by atoms with Crippen molar-refractivity contribution in [3.63, 3.8) is 0 Å². The molecule has 5 atom stereocenters. The molecule has 3 aliphatic carbocycles. The van der Waals surface area contributed by atoms with Crippen molar-refractivity contribution in [3.8, 4) is 0 Å². The summed E-state index contributed by atoms with van der Waals surface area (Å²) in [5, 5.41) is 3.34. The highest BCUT2D eigenvalue weighted by molar-refractivity contribution is 5.76. The van der Waals surface area contributed by atoms with E-state index in [1.54, 1.807) is 0 Å². The van der Waals surface area contributed by atoms with Gasteiger partial charge in [-0.15, -0.1) is 0 Å². The summed E-state index contributed by atoms with van der Waals surface area (Å²) >= 11 is 0. The maximum atomic E-state index is 11.6. The lowest BCUT2D eigenvalue weighted by Crippen LogP contribution is -2.43. The van der Waals surface area contributed by atoms with E-state index in [2.05, 4.69) is 17.5 Å². The number of carbonyl (C=O) groups is 1. The summed E-state index contributed by atoms with van der Waals surface area (Å²) in [6.07, 6.45) is 7.23. The van der Waals surface area contributed by atoms with E-state index in [1.165, 1.54) is 20.0 Å². The Balaban J connectivity index is 1.87. The highest BCUT2D eigenvalue weighted by Crippen LogP contribution is 2.48. The second-order valence-electron chi connectivity index (χ2n) is 4.94. The number of ether oxygens (including phenoxy) is 1.